The summed E-state index contributed by atoms with van der Waals surface area (Å²) in [6, 6.07) is 3.69. The number of benzene rings is 1. The van der Waals surface area contributed by atoms with Gasteiger partial charge in [-0.3, -0.25) is 4.79 Å². The van der Waals surface area contributed by atoms with Crippen molar-refractivity contribution in [2.45, 2.75) is 10.4 Å². The van der Waals surface area contributed by atoms with Crippen LogP contribution >= 0.6 is 15.9 Å². The van der Waals surface area contributed by atoms with Crippen molar-refractivity contribution in [1.29, 1.82) is 0 Å². The van der Waals surface area contributed by atoms with Crippen molar-refractivity contribution in [3.8, 4) is 17.1 Å². The molecule has 1 N–H and O–H groups in total. The molecule has 10 heteroatoms. The number of carbonyl (C=O) groups excluding carboxylic acids is 1. The lowest BCUT2D eigenvalue weighted by molar-refractivity contribution is -0.0436. The van der Waals surface area contributed by atoms with Crippen molar-refractivity contribution in [2.24, 2.45) is 0 Å². The lowest BCUT2D eigenvalue weighted by Gasteiger charge is -2.11. The van der Waals surface area contributed by atoms with Crippen LogP contribution in [0.15, 0.2) is 38.1 Å². The molecule has 0 bridgehead atoms. The number of sulfone groups is 1. The summed E-state index contributed by atoms with van der Waals surface area (Å²) in [5.74, 6) is -0.804. The molecule has 118 valence electrons. The molecule has 0 aliphatic heterocycles. The smallest absolute Gasteiger partial charge is 0.501 e. The molecule has 1 heterocycles. The number of furan rings is 1. The van der Waals surface area contributed by atoms with E-state index in [4.69, 9.17) is 4.42 Å². The van der Waals surface area contributed by atoms with Gasteiger partial charge in [-0.2, -0.15) is 13.2 Å². The topological polar surface area (TPSA) is 84.6 Å². The molecule has 0 amide bonds. The second-order valence-electron chi connectivity index (χ2n) is 4.07. The molecule has 0 radical (unpaired) electrons. The van der Waals surface area contributed by atoms with Gasteiger partial charge in [0.05, 0.1) is 14.9 Å². The molecule has 1 aromatic heterocycles. The molecule has 22 heavy (non-hydrogen) atoms. The van der Waals surface area contributed by atoms with Crippen molar-refractivity contribution in [3.63, 3.8) is 0 Å². The molecule has 0 saturated heterocycles. The minimum Gasteiger partial charge on any atom is -0.506 e. The summed E-state index contributed by atoms with van der Waals surface area (Å²) in [7, 11) is -5.60. The van der Waals surface area contributed by atoms with Crippen molar-refractivity contribution in [3.05, 3.63) is 34.5 Å². The maximum atomic E-state index is 12.6. The fourth-order valence-corrected chi connectivity index (χ4v) is 3.04. The van der Waals surface area contributed by atoms with Crippen LogP contribution in [0.3, 0.4) is 0 Å². The number of phenolic OH excluding ortho intramolecular Hbond substituents is 1. The lowest BCUT2D eigenvalue weighted by atomic mass is 10.1. The predicted octanol–water partition coefficient (Wildman–Crippen LogP) is 3.52. The van der Waals surface area contributed by atoms with E-state index in [0.717, 1.165) is 0 Å². The van der Waals surface area contributed by atoms with Gasteiger partial charge in [-0.15, -0.1) is 0 Å². The van der Waals surface area contributed by atoms with Gasteiger partial charge < -0.3 is 9.52 Å². The minimum atomic E-state index is -5.60. The average molecular weight is 399 g/mol. The Morgan fingerprint density at radius 2 is 1.86 bits per heavy atom. The molecule has 5 nitrogen and oxygen atoms in total. The van der Waals surface area contributed by atoms with Crippen molar-refractivity contribution < 1.29 is 35.9 Å². The van der Waals surface area contributed by atoms with E-state index in [-0.39, 0.29) is 21.6 Å². The van der Waals surface area contributed by atoms with Crippen LogP contribution in [0, 0.1) is 0 Å². The third-order valence-electron chi connectivity index (χ3n) is 2.66. The van der Waals surface area contributed by atoms with Crippen LogP contribution in [0.1, 0.15) is 10.6 Å². The first kappa shape index (κ1) is 16.6. The summed E-state index contributed by atoms with van der Waals surface area (Å²) in [4.78, 5) is 9.48. The Labute approximate surface area is 130 Å². The molecule has 0 fully saturated rings. The van der Waals surface area contributed by atoms with Crippen LogP contribution in [0.25, 0.3) is 11.3 Å². The first-order valence-electron chi connectivity index (χ1n) is 5.47. The van der Waals surface area contributed by atoms with E-state index in [9.17, 15) is 31.5 Å². The number of phenols is 1. The molecule has 0 saturated carbocycles. The highest BCUT2D eigenvalue weighted by molar-refractivity contribution is 9.10. The lowest BCUT2D eigenvalue weighted by Crippen LogP contribution is -2.23. The monoisotopic (exact) mass is 398 g/mol. The van der Waals surface area contributed by atoms with Crippen LogP contribution in [-0.4, -0.2) is 25.3 Å². The Bertz CT molecular complexity index is 839. The zero-order valence-electron chi connectivity index (χ0n) is 10.4. The second-order valence-corrected chi connectivity index (χ2v) is 6.87. The van der Waals surface area contributed by atoms with Crippen molar-refractivity contribution >= 4 is 32.1 Å². The number of aromatic hydroxyl groups is 1. The largest absolute Gasteiger partial charge is 0.506 e. The van der Waals surface area contributed by atoms with Gasteiger partial charge >= 0.3 is 5.51 Å². The van der Waals surface area contributed by atoms with Gasteiger partial charge in [0, 0.05) is 0 Å². The quantitative estimate of drug-likeness (QED) is 0.799. The zero-order chi connectivity index (χ0) is 16.7. The normalized spacial score (nSPS) is 12.4. The highest BCUT2D eigenvalue weighted by atomic mass is 79.9. The summed E-state index contributed by atoms with van der Waals surface area (Å²) >= 11 is 2.78. The average Bonchev–Trinajstić information content (AvgIpc) is 2.88. The Morgan fingerprint density at radius 3 is 2.36 bits per heavy atom. The van der Waals surface area contributed by atoms with E-state index in [1.807, 2.05) is 0 Å². The molecule has 1 aromatic carbocycles. The SMILES string of the molecule is O=Cc1ccc(-c2cc(S(=O)(=O)C(F)(F)F)cc(Br)c2O)o1. The zero-order valence-corrected chi connectivity index (χ0v) is 12.8. The van der Waals surface area contributed by atoms with Crippen molar-refractivity contribution in [1.82, 2.24) is 0 Å². The summed E-state index contributed by atoms with van der Waals surface area (Å²) in [6.45, 7) is 0. The highest BCUT2D eigenvalue weighted by Gasteiger charge is 2.47. The van der Waals surface area contributed by atoms with Gasteiger partial charge in [-0.1, -0.05) is 0 Å². The minimum absolute atomic E-state index is 0.130. The molecule has 2 aromatic rings. The van der Waals surface area contributed by atoms with E-state index in [1.165, 1.54) is 12.1 Å². The maximum absolute atomic E-state index is 12.6. The number of alkyl halides is 3. The molecule has 0 aliphatic carbocycles. The van der Waals surface area contributed by atoms with Gasteiger partial charge in [-0.05, 0) is 40.2 Å². The summed E-state index contributed by atoms with van der Waals surface area (Å²) in [6.07, 6.45) is 0.353. The van der Waals surface area contributed by atoms with E-state index in [2.05, 4.69) is 15.9 Å². The van der Waals surface area contributed by atoms with Crippen LogP contribution < -0.4 is 0 Å². The predicted molar refractivity (Wildman–Crippen MR) is 72.1 cm³/mol. The highest BCUT2D eigenvalue weighted by Crippen LogP contribution is 2.41. The van der Waals surface area contributed by atoms with E-state index in [1.54, 1.807) is 0 Å². The first-order chi connectivity index (χ1) is 10.1. The second kappa shape index (κ2) is 5.43. The van der Waals surface area contributed by atoms with Crippen molar-refractivity contribution in [2.75, 3.05) is 0 Å². The summed E-state index contributed by atoms with van der Waals surface area (Å²) in [5, 5.41) is 9.85. The molecular formula is C12H6BrF3O5S. The van der Waals surface area contributed by atoms with Crippen LogP contribution in [0.2, 0.25) is 0 Å². The Kier molecular flexibility index (Phi) is 4.09. The van der Waals surface area contributed by atoms with Gasteiger partial charge in [0.25, 0.3) is 9.84 Å². The number of hydrogen-bond acceptors (Lipinski definition) is 5. The molecule has 0 aliphatic rings. The standard InChI is InChI=1S/C12H6BrF3O5S/c13-9-4-7(22(19,20)12(14,15)16)3-8(11(9)18)10-2-1-6(5-17)21-10/h1-5,18H. The molecule has 0 unspecified atom stereocenters. The van der Waals surface area contributed by atoms with Crippen LogP contribution in [-0.2, 0) is 9.84 Å². The van der Waals surface area contributed by atoms with E-state index < -0.39 is 26.0 Å². The fraction of sp³-hybridized carbons (Fsp3) is 0.0833. The molecule has 0 spiro atoms. The Hall–Kier alpha value is -1.81. The van der Waals surface area contributed by atoms with E-state index in [0.29, 0.717) is 18.4 Å². The summed E-state index contributed by atoms with van der Waals surface area (Å²) in [5.41, 5.74) is -5.79. The van der Waals surface area contributed by atoms with Crippen LogP contribution in [0.5, 0.6) is 5.75 Å². The van der Waals surface area contributed by atoms with Crippen LogP contribution in [0.4, 0.5) is 13.2 Å². The molecule has 0 atom stereocenters. The fourth-order valence-electron chi connectivity index (χ4n) is 1.61. The molecule has 2 rings (SSSR count). The number of halogens is 4. The Balaban J connectivity index is 2.70. The van der Waals surface area contributed by atoms with Gasteiger partial charge in [0.2, 0.25) is 0 Å². The molecular weight excluding hydrogens is 393 g/mol. The number of aldehydes is 1. The third-order valence-corrected chi connectivity index (χ3v) is 4.73. The van der Waals surface area contributed by atoms with Gasteiger partial charge in [0.15, 0.2) is 12.0 Å². The number of rotatable bonds is 3. The number of hydrogen-bond donors (Lipinski definition) is 1. The third kappa shape index (κ3) is 2.75. The maximum Gasteiger partial charge on any atom is 0.501 e. The van der Waals surface area contributed by atoms with E-state index >= 15 is 0 Å². The summed E-state index contributed by atoms with van der Waals surface area (Å²) < 4.78 is 65.4. The number of carbonyl (C=O) groups is 1. The van der Waals surface area contributed by atoms with Gasteiger partial charge in [-0.25, -0.2) is 8.42 Å². The first-order valence-corrected chi connectivity index (χ1v) is 7.75. The van der Waals surface area contributed by atoms with Gasteiger partial charge in [0.1, 0.15) is 11.5 Å². The Morgan fingerprint density at radius 1 is 1.23 bits per heavy atom.